The van der Waals surface area contributed by atoms with Crippen LogP contribution in [0.3, 0.4) is 0 Å². The number of ether oxygens (including phenoxy) is 1. The van der Waals surface area contributed by atoms with Gasteiger partial charge in [0, 0.05) is 12.1 Å². The van der Waals surface area contributed by atoms with Crippen LogP contribution in [0.5, 0.6) is 0 Å². The average molecular weight is 314 g/mol. The summed E-state index contributed by atoms with van der Waals surface area (Å²) in [7, 11) is 1.33. The number of esters is 1. The van der Waals surface area contributed by atoms with Gasteiger partial charge in [-0.25, -0.2) is 0 Å². The first-order valence-corrected chi connectivity index (χ1v) is 7.83. The van der Waals surface area contributed by atoms with Crippen molar-refractivity contribution in [1.82, 2.24) is 10.6 Å². The Morgan fingerprint density at radius 2 is 2.17 bits per heavy atom. The summed E-state index contributed by atoms with van der Waals surface area (Å²) in [4.78, 5) is 23.9. The van der Waals surface area contributed by atoms with Gasteiger partial charge in [-0.15, -0.1) is 0 Å². The van der Waals surface area contributed by atoms with E-state index in [1.807, 2.05) is 30.3 Å². The van der Waals surface area contributed by atoms with Gasteiger partial charge in [0.2, 0.25) is 5.91 Å². The van der Waals surface area contributed by atoms with Crippen molar-refractivity contribution in [3.8, 4) is 11.8 Å². The van der Waals surface area contributed by atoms with Crippen LogP contribution in [0.1, 0.15) is 24.8 Å². The van der Waals surface area contributed by atoms with Gasteiger partial charge in [0.05, 0.1) is 19.4 Å². The number of methoxy groups -OCH3 is 1. The number of piperidine rings is 1. The lowest BCUT2D eigenvalue weighted by Gasteiger charge is -2.23. The first kappa shape index (κ1) is 17.0. The highest BCUT2D eigenvalue weighted by Gasteiger charge is 2.23. The standard InChI is InChI=1S/C18H22N2O3/c1-23-17(21)12-16(10-9-14-6-3-2-4-7-14)20-18(22)15-8-5-11-19-13-15/h2-4,6-7,15-16,19H,5,8,11-13H2,1H3,(H,20,22)/t15-,16-/m1/s1. The molecule has 0 radical (unpaired) electrons. The van der Waals surface area contributed by atoms with Crippen molar-refractivity contribution in [3.63, 3.8) is 0 Å². The quantitative estimate of drug-likeness (QED) is 0.645. The molecule has 1 aliphatic heterocycles. The molecule has 5 nitrogen and oxygen atoms in total. The monoisotopic (exact) mass is 314 g/mol. The van der Waals surface area contributed by atoms with E-state index in [0.29, 0.717) is 6.54 Å². The number of rotatable bonds is 4. The molecule has 0 unspecified atom stereocenters. The van der Waals surface area contributed by atoms with E-state index in [1.54, 1.807) is 0 Å². The third kappa shape index (κ3) is 5.76. The number of carbonyl (C=O) groups is 2. The maximum atomic E-state index is 12.3. The van der Waals surface area contributed by atoms with Crippen LogP contribution in [0, 0.1) is 17.8 Å². The van der Waals surface area contributed by atoms with Gasteiger partial charge in [0.25, 0.3) is 0 Å². The SMILES string of the molecule is COC(=O)C[C@@H](C#Cc1ccccc1)NC(=O)[C@@H]1CCCNC1. The Kier molecular flexibility index (Phi) is 6.64. The lowest BCUT2D eigenvalue weighted by atomic mass is 9.98. The molecule has 0 spiro atoms. The van der Waals surface area contributed by atoms with Crippen molar-refractivity contribution in [2.45, 2.75) is 25.3 Å². The van der Waals surface area contributed by atoms with Gasteiger partial charge >= 0.3 is 5.97 Å². The number of carbonyl (C=O) groups excluding carboxylic acids is 2. The molecule has 2 N–H and O–H groups in total. The van der Waals surface area contributed by atoms with Crippen LogP contribution >= 0.6 is 0 Å². The second-order valence-electron chi connectivity index (χ2n) is 5.52. The van der Waals surface area contributed by atoms with E-state index in [-0.39, 0.29) is 24.2 Å². The fourth-order valence-corrected chi connectivity index (χ4v) is 2.45. The third-order valence-corrected chi connectivity index (χ3v) is 3.75. The molecule has 0 saturated carbocycles. The van der Waals surface area contributed by atoms with E-state index in [0.717, 1.165) is 24.9 Å². The Balaban J connectivity index is 2.03. The van der Waals surface area contributed by atoms with Crippen molar-refractivity contribution in [3.05, 3.63) is 35.9 Å². The molecule has 0 aliphatic carbocycles. The van der Waals surface area contributed by atoms with Crippen LogP contribution in [-0.2, 0) is 14.3 Å². The van der Waals surface area contributed by atoms with E-state index < -0.39 is 6.04 Å². The Morgan fingerprint density at radius 1 is 1.39 bits per heavy atom. The van der Waals surface area contributed by atoms with Gasteiger partial charge in [0.15, 0.2) is 0 Å². The predicted molar refractivity (Wildman–Crippen MR) is 87.5 cm³/mol. The zero-order chi connectivity index (χ0) is 16.5. The lowest BCUT2D eigenvalue weighted by Crippen LogP contribution is -2.44. The molecular weight excluding hydrogens is 292 g/mol. The molecule has 5 heteroatoms. The fourth-order valence-electron chi connectivity index (χ4n) is 2.45. The zero-order valence-corrected chi connectivity index (χ0v) is 13.3. The highest BCUT2D eigenvalue weighted by atomic mass is 16.5. The predicted octanol–water partition coefficient (Wildman–Crippen LogP) is 1.09. The van der Waals surface area contributed by atoms with Gasteiger partial charge in [-0.3, -0.25) is 9.59 Å². The third-order valence-electron chi connectivity index (χ3n) is 3.75. The Bertz CT molecular complexity index is 583. The lowest BCUT2D eigenvalue weighted by molar-refractivity contribution is -0.141. The molecule has 1 saturated heterocycles. The van der Waals surface area contributed by atoms with Crippen LogP contribution in [0.4, 0.5) is 0 Å². The highest BCUT2D eigenvalue weighted by Crippen LogP contribution is 2.10. The molecule has 0 aromatic heterocycles. The van der Waals surface area contributed by atoms with Crippen molar-refractivity contribution >= 4 is 11.9 Å². The maximum Gasteiger partial charge on any atom is 0.308 e. The first-order valence-electron chi connectivity index (χ1n) is 7.83. The van der Waals surface area contributed by atoms with Crippen molar-refractivity contribution in [2.75, 3.05) is 20.2 Å². The highest BCUT2D eigenvalue weighted by molar-refractivity contribution is 5.81. The molecule has 0 bridgehead atoms. The smallest absolute Gasteiger partial charge is 0.308 e. The van der Waals surface area contributed by atoms with E-state index in [1.165, 1.54) is 7.11 Å². The van der Waals surface area contributed by atoms with Crippen LogP contribution < -0.4 is 10.6 Å². The summed E-state index contributed by atoms with van der Waals surface area (Å²) in [5.74, 6) is 5.44. The molecule has 1 amide bonds. The molecule has 1 fully saturated rings. The minimum atomic E-state index is -0.544. The molecule has 1 heterocycles. The summed E-state index contributed by atoms with van der Waals surface area (Å²) in [6, 6.07) is 8.92. The summed E-state index contributed by atoms with van der Waals surface area (Å²) in [5.41, 5.74) is 0.843. The molecule has 1 aliphatic rings. The Hall–Kier alpha value is -2.32. The number of amides is 1. The molecule has 122 valence electrons. The van der Waals surface area contributed by atoms with Crippen molar-refractivity contribution in [2.24, 2.45) is 5.92 Å². The van der Waals surface area contributed by atoms with Gasteiger partial charge < -0.3 is 15.4 Å². The number of benzene rings is 1. The molecule has 23 heavy (non-hydrogen) atoms. The normalized spacial score (nSPS) is 18.2. The summed E-state index contributed by atoms with van der Waals surface area (Å²) >= 11 is 0. The van der Waals surface area contributed by atoms with Crippen molar-refractivity contribution < 1.29 is 14.3 Å². The van der Waals surface area contributed by atoms with Gasteiger partial charge in [-0.05, 0) is 31.5 Å². The summed E-state index contributed by atoms with van der Waals surface area (Å²) in [6.07, 6.45) is 1.88. The topological polar surface area (TPSA) is 67.4 Å². The molecular formula is C18H22N2O3. The van der Waals surface area contributed by atoms with E-state index >= 15 is 0 Å². The minimum Gasteiger partial charge on any atom is -0.469 e. The largest absolute Gasteiger partial charge is 0.469 e. The van der Waals surface area contributed by atoms with Crippen LogP contribution in [0.2, 0.25) is 0 Å². The minimum absolute atomic E-state index is 0.0439. The summed E-state index contributed by atoms with van der Waals surface area (Å²) in [6.45, 7) is 1.62. The van der Waals surface area contributed by atoms with E-state index in [9.17, 15) is 9.59 Å². The molecule has 2 atom stereocenters. The molecule has 1 aromatic carbocycles. The number of hydrogen-bond acceptors (Lipinski definition) is 4. The average Bonchev–Trinajstić information content (AvgIpc) is 2.61. The van der Waals surface area contributed by atoms with Gasteiger partial charge in [-0.2, -0.15) is 0 Å². The number of hydrogen-bond donors (Lipinski definition) is 2. The second-order valence-corrected chi connectivity index (χ2v) is 5.52. The Labute approximate surface area is 136 Å². The molecule has 1 aromatic rings. The van der Waals surface area contributed by atoms with Crippen LogP contribution in [0.25, 0.3) is 0 Å². The van der Waals surface area contributed by atoms with Crippen LogP contribution in [0.15, 0.2) is 30.3 Å². The van der Waals surface area contributed by atoms with Crippen LogP contribution in [-0.4, -0.2) is 38.1 Å². The fraction of sp³-hybridized carbons (Fsp3) is 0.444. The van der Waals surface area contributed by atoms with Crippen molar-refractivity contribution in [1.29, 1.82) is 0 Å². The first-order chi connectivity index (χ1) is 11.2. The maximum absolute atomic E-state index is 12.3. The van der Waals surface area contributed by atoms with E-state index in [2.05, 4.69) is 27.2 Å². The van der Waals surface area contributed by atoms with Gasteiger partial charge in [-0.1, -0.05) is 30.0 Å². The second kappa shape index (κ2) is 8.96. The number of nitrogens with one attached hydrogen (secondary N) is 2. The Morgan fingerprint density at radius 3 is 2.83 bits per heavy atom. The van der Waals surface area contributed by atoms with Gasteiger partial charge in [0.1, 0.15) is 6.04 Å². The van der Waals surface area contributed by atoms with E-state index in [4.69, 9.17) is 0 Å². The molecule has 2 rings (SSSR count). The summed E-state index contributed by atoms with van der Waals surface area (Å²) in [5, 5.41) is 6.08. The zero-order valence-electron chi connectivity index (χ0n) is 13.3. The summed E-state index contributed by atoms with van der Waals surface area (Å²) < 4.78 is 4.69.